The Morgan fingerprint density at radius 1 is 1.22 bits per heavy atom. The van der Waals surface area contributed by atoms with Gasteiger partial charge in [-0.05, 0) is 23.0 Å². The average Bonchev–Trinajstić information content (AvgIpc) is 2.30. The Kier molecular flexibility index (Phi) is 5.09. The minimum Gasteiger partial charge on any atom is -0.369 e. The van der Waals surface area contributed by atoms with Crippen molar-refractivity contribution in [2.45, 2.75) is 52.1 Å². The molecule has 0 bridgehead atoms. The first-order valence-corrected chi connectivity index (χ1v) is 6.56. The lowest BCUT2D eigenvalue weighted by molar-refractivity contribution is -0.129. The minimum atomic E-state index is -0.418. The van der Waals surface area contributed by atoms with Gasteiger partial charge >= 0.3 is 0 Å². The zero-order valence-electron chi connectivity index (χ0n) is 12.1. The highest BCUT2D eigenvalue weighted by atomic mass is 16.5. The SMILES string of the molecule is CCCC(=O)C(OC)c1ccc(C(C)(C)C)cc1. The molecule has 0 heterocycles. The van der Waals surface area contributed by atoms with Crippen LogP contribution in [-0.4, -0.2) is 12.9 Å². The predicted octanol–water partition coefficient (Wildman–Crippen LogP) is 4.04. The van der Waals surface area contributed by atoms with Gasteiger partial charge in [-0.1, -0.05) is 52.0 Å². The quantitative estimate of drug-likeness (QED) is 0.786. The summed E-state index contributed by atoms with van der Waals surface area (Å²) in [7, 11) is 1.59. The maximum atomic E-state index is 11.9. The van der Waals surface area contributed by atoms with Crippen molar-refractivity contribution in [3.63, 3.8) is 0 Å². The van der Waals surface area contributed by atoms with Gasteiger partial charge in [0.1, 0.15) is 6.10 Å². The lowest BCUT2D eigenvalue weighted by Gasteiger charge is -2.20. The lowest BCUT2D eigenvalue weighted by atomic mass is 9.86. The number of hydrogen-bond donors (Lipinski definition) is 0. The molecule has 0 amide bonds. The smallest absolute Gasteiger partial charge is 0.166 e. The predicted molar refractivity (Wildman–Crippen MR) is 74.8 cm³/mol. The van der Waals surface area contributed by atoms with Crippen molar-refractivity contribution in [3.05, 3.63) is 35.4 Å². The van der Waals surface area contributed by atoms with Crippen LogP contribution in [0.4, 0.5) is 0 Å². The number of rotatable bonds is 5. The van der Waals surface area contributed by atoms with E-state index in [2.05, 4.69) is 32.9 Å². The molecule has 1 aromatic carbocycles. The summed E-state index contributed by atoms with van der Waals surface area (Å²) in [5.41, 5.74) is 2.35. The Labute approximate surface area is 110 Å². The number of ether oxygens (including phenoxy) is 1. The molecule has 0 fully saturated rings. The zero-order valence-corrected chi connectivity index (χ0v) is 12.1. The summed E-state index contributed by atoms with van der Waals surface area (Å²) < 4.78 is 5.33. The molecule has 1 aromatic rings. The second-order valence-corrected chi connectivity index (χ2v) is 5.70. The topological polar surface area (TPSA) is 26.3 Å². The van der Waals surface area contributed by atoms with Gasteiger partial charge in [-0.2, -0.15) is 0 Å². The highest BCUT2D eigenvalue weighted by Gasteiger charge is 2.20. The Balaban J connectivity index is 2.92. The highest BCUT2D eigenvalue weighted by molar-refractivity contribution is 5.84. The van der Waals surface area contributed by atoms with Gasteiger partial charge in [-0.3, -0.25) is 4.79 Å². The van der Waals surface area contributed by atoms with E-state index in [0.717, 1.165) is 12.0 Å². The molecule has 1 atom stereocenters. The summed E-state index contributed by atoms with van der Waals surface area (Å²) in [5, 5.41) is 0. The standard InChI is InChI=1S/C16H24O2/c1-6-7-14(17)15(18-5)12-8-10-13(11-9-12)16(2,3)4/h8-11,15H,6-7H2,1-5H3. The largest absolute Gasteiger partial charge is 0.369 e. The van der Waals surface area contributed by atoms with Crippen molar-refractivity contribution in [1.29, 1.82) is 0 Å². The number of benzene rings is 1. The number of carbonyl (C=O) groups is 1. The van der Waals surface area contributed by atoms with Crippen molar-refractivity contribution in [1.82, 2.24) is 0 Å². The molecule has 0 aromatic heterocycles. The molecule has 2 nitrogen and oxygen atoms in total. The number of hydrogen-bond acceptors (Lipinski definition) is 2. The van der Waals surface area contributed by atoms with Crippen LogP contribution in [0.5, 0.6) is 0 Å². The fourth-order valence-corrected chi connectivity index (χ4v) is 1.99. The molecule has 0 saturated heterocycles. The van der Waals surface area contributed by atoms with Crippen LogP contribution in [0.25, 0.3) is 0 Å². The van der Waals surface area contributed by atoms with Crippen LogP contribution >= 0.6 is 0 Å². The van der Waals surface area contributed by atoms with Crippen molar-refractivity contribution in [2.75, 3.05) is 7.11 Å². The lowest BCUT2D eigenvalue weighted by Crippen LogP contribution is -2.15. The van der Waals surface area contributed by atoms with Crippen LogP contribution in [0, 0.1) is 0 Å². The van der Waals surface area contributed by atoms with Gasteiger partial charge < -0.3 is 4.74 Å². The second-order valence-electron chi connectivity index (χ2n) is 5.70. The van der Waals surface area contributed by atoms with Gasteiger partial charge in [-0.15, -0.1) is 0 Å². The summed E-state index contributed by atoms with van der Waals surface area (Å²) in [6, 6.07) is 8.17. The van der Waals surface area contributed by atoms with Gasteiger partial charge in [0.15, 0.2) is 5.78 Å². The molecule has 100 valence electrons. The molecule has 1 rings (SSSR count). The molecule has 0 aliphatic carbocycles. The first-order valence-electron chi connectivity index (χ1n) is 6.56. The third-order valence-corrected chi connectivity index (χ3v) is 3.10. The first-order chi connectivity index (χ1) is 8.40. The Hall–Kier alpha value is -1.15. The summed E-state index contributed by atoms with van der Waals surface area (Å²) in [4.78, 5) is 11.9. The van der Waals surface area contributed by atoms with Gasteiger partial charge in [0, 0.05) is 13.5 Å². The Bertz CT molecular complexity index is 385. The van der Waals surface area contributed by atoms with E-state index in [4.69, 9.17) is 4.74 Å². The molecule has 1 unspecified atom stereocenters. The monoisotopic (exact) mass is 248 g/mol. The van der Waals surface area contributed by atoms with Crippen LogP contribution in [-0.2, 0) is 14.9 Å². The Morgan fingerprint density at radius 2 is 1.78 bits per heavy atom. The summed E-state index contributed by atoms with van der Waals surface area (Å²) >= 11 is 0. The number of carbonyl (C=O) groups excluding carboxylic acids is 1. The summed E-state index contributed by atoms with van der Waals surface area (Å²) in [6.45, 7) is 8.54. The van der Waals surface area contributed by atoms with Crippen LogP contribution in [0.3, 0.4) is 0 Å². The normalized spacial score (nSPS) is 13.4. The van der Waals surface area contributed by atoms with Crippen molar-refractivity contribution in [2.24, 2.45) is 0 Å². The third kappa shape index (κ3) is 3.67. The molecule has 0 radical (unpaired) electrons. The molecule has 2 heteroatoms. The fourth-order valence-electron chi connectivity index (χ4n) is 1.99. The van der Waals surface area contributed by atoms with E-state index in [-0.39, 0.29) is 11.2 Å². The highest BCUT2D eigenvalue weighted by Crippen LogP contribution is 2.25. The van der Waals surface area contributed by atoms with E-state index >= 15 is 0 Å². The third-order valence-electron chi connectivity index (χ3n) is 3.10. The van der Waals surface area contributed by atoms with Gasteiger partial charge in [0.25, 0.3) is 0 Å². The number of Topliss-reactive ketones (excluding diaryl/α,β-unsaturated/α-hetero) is 1. The van der Waals surface area contributed by atoms with Crippen LogP contribution in [0.1, 0.15) is 57.8 Å². The number of methoxy groups -OCH3 is 1. The number of ketones is 1. The van der Waals surface area contributed by atoms with E-state index in [9.17, 15) is 4.79 Å². The maximum Gasteiger partial charge on any atom is 0.166 e. The molecule has 0 N–H and O–H groups in total. The van der Waals surface area contributed by atoms with Crippen LogP contribution in [0.15, 0.2) is 24.3 Å². The molecule has 0 aliphatic heterocycles. The molecule has 18 heavy (non-hydrogen) atoms. The van der Waals surface area contributed by atoms with Crippen molar-refractivity contribution >= 4 is 5.78 Å². The molecule has 0 saturated carbocycles. The average molecular weight is 248 g/mol. The molecule has 0 aliphatic rings. The fraction of sp³-hybridized carbons (Fsp3) is 0.562. The van der Waals surface area contributed by atoms with Gasteiger partial charge in [-0.25, -0.2) is 0 Å². The van der Waals surface area contributed by atoms with Gasteiger partial charge in [0.2, 0.25) is 0 Å². The van der Waals surface area contributed by atoms with E-state index < -0.39 is 6.10 Å². The first kappa shape index (κ1) is 14.9. The van der Waals surface area contributed by atoms with Crippen molar-refractivity contribution < 1.29 is 9.53 Å². The summed E-state index contributed by atoms with van der Waals surface area (Å²) in [6.07, 6.45) is 1.01. The molecular formula is C16H24O2. The molecular weight excluding hydrogens is 224 g/mol. The zero-order chi connectivity index (χ0) is 13.8. The Morgan fingerprint density at radius 3 is 2.17 bits per heavy atom. The summed E-state index contributed by atoms with van der Waals surface area (Å²) in [5.74, 6) is 0.156. The molecule has 0 spiro atoms. The maximum absolute atomic E-state index is 11.9. The van der Waals surface area contributed by atoms with Crippen molar-refractivity contribution in [3.8, 4) is 0 Å². The second kappa shape index (κ2) is 6.14. The van der Waals surface area contributed by atoms with E-state index in [1.54, 1.807) is 7.11 Å². The van der Waals surface area contributed by atoms with Crippen LogP contribution in [0.2, 0.25) is 0 Å². The van der Waals surface area contributed by atoms with Crippen LogP contribution < -0.4 is 0 Å². The van der Waals surface area contributed by atoms with E-state index in [0.29, 0.717) is 6.42 Å². The van der Waals surface area contributed by atoms with E-state index in [1.807, 2.05) is 19.1 Å². The minimum absolute atomic E-state index is 0.133. The van der Waals surface area contributed by atoms with Gasteiger partial charge in [0.05, 0.1) is 0 Å². The van der Waals surface area contributed by atoms with E-state index in [1.165, 1.54) is 5.56 Å².